The predicted octanol–water partition coefficient (Wildman–Crippen LogP) is 2.40. The van der Waals surface area contributed by atoms with Gasteiger partial charge in [0.05, 0.1) is 17.3 Å². The molecule has 0 aliphatic carbocycles. The lowest BCUT2D eigenvalue weighted by molar-refractivity contribution is -0.139. The van der Waals surface area contributed by atoms with Gasteiger partial charge in [-0.05, 0) is 19.1 Å². The summed E-state index contributed by atoms with van der Waals surface area (Å²) in [5, 5.41) is 2.86. The van der Waals surface area contributed by atoms with E-state index >= 15 is 0 Å². The van der Waals surface area contributed by atoms with E-state index in [9.17, 15) is 9.59 Å². The Hall–Kier alpha value is -1.81. The van der Waals surface area contributed by atoms with Gasteiger partial charge in [0.2, 0.25) is 0 Å². The minimum Gasteiger partial charge on any atom is -0.462 e. The molecule has 0 aliphatic heterocycles. The number of hydrogen-bond donors (Lipinski definition) is 1. The summed E-state index contributed by atoms with van der Waals surface area (Å²) < 4.78 is 4.66. The van der Waals surface area contributed by atoms with Gasteiger partial charge in [0, 0.05) is 0 Å². The van der Waals surface area contributed by atoms with Crippen LogP contribution in [0.25, 0.3) is 0 Å². The van der Waals surface area contributed by atoms with Gasteiger partial charge in [-0.1, -0.05) is 30.3 Å². The Morgan fingerprint density at radius 3 is 2.65 bits per heavy atom. The summed E-state index contributed by atoms with van der Waals surface area (Å²) in [4.78, 5) is 22.9. The molecular weight excluding hydrogens is 242 g/mol. The van der Waals surface area contributed by atoms with Crippen LogP contribution in [0.15, 0.2) is 36.4 Å². The van der Waals surface area contributed by atoms with Crippen molar-refractivity contribution >= 4 is 29.2 Å². The molecule has 1 aromatic carbocycles. The number of carbonyl (C=O) groups is 2. The Labute approximate surface area is 104 Å². The Morgan fingerprint density at radius 1 is 1.41 bits per heavy atom. The van der Waals surface area contributed by atoms with Crippen molar-refractivity contribution in [1.29, 1.82) is 0 Å². The Balaban J connectivity index is 2.70. The Kier molecular flexibility index (Phi) is 4.72. The van der Waals surface area contributed by atoms with Crippen LogP contribution in [0, 0.1) is 0 Å². The van der Waals surface area contributed by atoms with Gasteiger partial charge >= 0.3 is 5.97 Å². The second-order valence-corrected chi connectivity index (χ2v) is 3.54. The molecule has 0 atom stereocenters. The van der Waals surface area contributed by atoms with Crippen LogP contribution in [0.4, 0.5) is 5.69 Å². The molecule has 0 bridgehead atoms. The van der Waals surface area contributed by atoms with E-state index in [1.54, 1.807) is 31.2 Å². The number of ether oxygens (including phenoxy) is 1. The summed E-state index contributed by atoms with van der Waals surface area (Å²) in [5.41, 5.74) is 0.163. The lowest BCUT2D eigenvalue weighted by Crippen LogP contribution is -2.21. The normalized spacial score (nSPS) is 9.53. The van der Waals surface area contributed by atoms with E-state index in [-0.39, 0.29) is 12.2 Å². The van der Waals surface area contributed by atoms with E-state index in [0.717, 1.165) is 0 Å². The first kappa shape index (κ1) is 13.3. The Morgan fingerprint density at radius 2 is 2.06 bits per heavy atom. The number of amides is 1. The first-order chi connectivity index (χ1) is 8.06. The number of hydrogen-bond acceptors (Lipinski definition) is 3. The standard InChI is InChI=1S/C12H12ClNO3/c1-3-17-12(16)8(2)11(15)14-10-7-5-4-6-9(10)13/h4-7H,2-3H2,1H3,(H,14,15). The largest absolute Gasteiger partial charge is 0.462 e. The van der Waals surface area contributed by atoms with E-state index in [1.165, 1.54) is 0 Å². The average Bonchev–Trinajstić information content (AvgIpc) is 2.31. The third-order valence-electron chi connectivity index (χ3n) is 1.92. The average molecular weight is 254 g/mol. The maximum Gasteiger partial charge on any atom is 0.343 e. The minimum absolute atomic E-state index is 0.192. The summed E-state index contributed by atoms with van der Waals surface area (Å²) in [7, 11) is 0. The quantitative estimate of drug-likeness (QED) is 0.388. The van der Waals surface area contributed by atoms with Gasteiger partial charge in [-0.2, -0.15) is 0 Å². The minimum atomic E-state index is -0.739. The molecule has 5 heteroatoms. The van der Waals surface area contributed by atoms with Crippen LogP contribution in [0.1, 0.15) is 6.92 Å². The van der Waals surface area contributed by atoms with Gasteiger partial charge in [-0.3, -0.25) is 4.79 Å². The zero-order valence-corrected chi connectivity index (χ0v) is 10.1. The van der Waals surface area contributed by atoms with E-state index < -0.39 is 11.9 Å². The number of benzene rings is 1. The predicted molar refractivity (Wildman–Crippen MR) is 65.9 cm³/mol. The first-order valence-corrected chi connectivity index (χ1v) is 5.36. The summed E-state index contributed by atoms with van der Waals surface area (Å²) in [6, 6.07) is 6.70. The summed E-state index contributed by atoms with van der Waals surface area (Å²) in [6.45, 7) is 5.21. The lowest BCUT2D eigenvalue weighted by Gasteiger charge is -2.08. The molecule has 0 saturated heterocycles. The molecule has 0 fully saturated rings. The fourth-order valence-electron chi connectivity index (χ4n) is 1.07. The van der Waals surface area contributed by atoms with Crippen molar-refractivity contribution in [3.05, 3.63) is 41.4 Å². The number of anilines is 1. The van der Waals surface area contributed by atoms with Crippen molar-refractivity contribution < 1.29 is 14.3 Å². The van der Waals surface area contributed by atoms with E-state index in [2.05, 4.69) is 16.6 Å². The molecule has 0 heterocycles. The number of nitrogens with one attached hydrogen (secondary N) is 1. The van der Waals surface area contributed by atoms with Crippen LogP contribution >= 0.6 is 11.6 Å². The number of esters is 1. The fourth-order valence-corrected chi connectivity index (χ4v) is 1.25. The summed E-state index contributed by atoms with van der Waals surface area (Å²) >= 11 is 5.85. The van der Waals surface area contributed by atoms with Crippen LogP contribution in [0.2, 0.25) is 5.02 Å². The maximum absolute atomic E-state index is 11.6. The van der Waals surface area contributed by atoms with Crippen molar-refractivity contribution in [3.63, 3.8) is 0 Å². The maximum atomic E-state index is 11.6. The van der Waals surface area contributed by atoms with Crippen molar-refractivity contribution in [3.8, 4) is 0 Å². The van der Waals surface area contributed by atoms with Gasteiger partial charge in [-0.25, -0.2) is 4.79 Å². The van der Waals surface area contributed by atoms with Gasteiger partial charge in [0.1, 0.15) is 5.57 Å². The zero-order valence-electron chi connectivity index (χ0n) is 9.33. The van der Waals surface area contributed by atoms with Crippen molar-refractivity contribution in [1.82, 2.24) is 0 Å². The SMILES string of the molecule is C=C(C(=O)Nc1ccccc1Cl)C(=O)OCC. The van der Waals surface area contributed by atoms with Crippen LogP contribution in [-0.4, -0.2) is 18.5 Å². The van der Waals surface area contributed by atoms with Crippen LogP contribution in [0.3, 0.4) is 0 Å². The number of halogens is 1. The summed E-state index contributed by atoms with van der Waals surface area (Å²) in [5.74, 6) is -1.37. The molecule has 0 saturated carbocycles. The number of para-hydroxylation sites is 1. The lowest BCUT2D eigenvalue weighted by atomic mass is 10.2. The molecular formula is C12H12ClNO3. The van der Waals surface area contributed by atoms with E-state index in [4.69, 9.17) is 11.6 Å². The molecule has 0 aliphatic rings. The molecule has 0 unspecified atom stereocenters. The fraction of sp³-hybridized carbons (Fsp3) is 0.167. The number of carbonyl (C=O) groups excluding carboxylic acids is 2. The molecule has 4 nitrogen and oxygen atoms in total. The molecule has 1 N–H and O–H groups in total. The molecule has 0 radical (unpaired) electrons. The first-order valence-electron chi connectivity index (χ1n) is 4.98. The summed E-state index contributed by atoms with van der Waals surface area (Å²) in [6.07, 6.45) is 0. The van der Waals surface area contributed by atoms with Crippen LogP contribution < -0.4 is 5.32 Å². The smallest absolute Gasteiger partial charge is 0.343 e. The highest BCUT2D eigenvalue weighted by atomic mass is 35.5. The van der Waals surface area contributed by atoms with Crippen LogP contribution in [0.5, 0.6) is 0 Å². The second kappa shape index (κ2) is 6.06. The Bertz CT molecular complexity index is 457. The van der Waals surface area contributed by atoms with Gasteiger partial charge < -0.3 is 10.1 Å². The van der Waals surface area contributed by atoms with Gasteiger partial charge in [-0.15, -0.1) is 0 Å². The molecule has 17 heavy (non-hydrogen) atoms. The van der Waals surface area contributed by atoms with Gasteiger partial charge in [0.15, 0.2) is 0 Å². The highest BCUT2D eigenvalue weighted by Crippen LogP contribution is 2.20. The van der Waals surface area contributed by atoms with E-state index in [1.807, 2.05) is 0 Å². The molecule has 1 amide bonds. The molecule has 90 valence electrons. The molecule has 0 aromatic heterocycles. The topological polar surface area (TPSA) is 55.4 Å². The number of rotatable bonds is 4. The van der Waals surface area contributed by atoms with E-state index in [0.29, 0.717) is 10.7 Å². The molecule has 1 rings (SSSR count). The highest BCUT2D eigenvalue weighted by molar-refractivity contribution is 6.34. The molecule has 0 spiro atoms. The third-order valence-corrected chi connectivity index (χ3v) is 2.25. The monoisotopic (exact) mass is 253 g/mol. The van der Waals surface area contributed by atoms with Crippen molar-refractivity contribution in [2.75, 3.05) is 11.9 Å². The van der Waals surface area contributed by atoms with Crippen molar-refractivity contribution in [2.45, 2.75) is 6.92 Å². The van der Waals surface area contributed by atoms with Crippen LogP contribution in [-0.2, 0) is 14.3 Å². The third kappa shape index (κ3) is 3.60. The second-order valence-electron chi connectivity index (χ2n) is 3.13. The molecule has 1 aromatic rings. The van der Waals surface area contributed by atoms with Gasteiger partial charge in [0.25, 0.3) is 5.91 Å². The zero-order chi connectivity index (χ0) is 12.8. The highest BCUT2D eigenvalue weighted by Gasteiger charge is 2.17. The van der Waals surface area contributed by atoms with Crippen molar-refractivity contribution in [2.24, 2.45) is 0 Å².